The second-order valence-electron chi connectivity index (χ2n) is 8.06. The quantitative estimate of drug-likeness (QED) is 0.331. The van der Waals surface area contributed by atoms with Crippen molar-refractivity contribution in [2.24, 2.45) is 14.1 Å². The number of anilines is 2. The number of rotatable bonds is 6. The molecule has 0 bridgehead atoms. The number of halogens is 3. The van der Waals surface area contributed by atoms with E-state index >= 15 is 0 Å². The van der Waals surface area contributed by atoms with E-state index in [1.165, 1.54) is 27.7 Å². The van der Waals surface area contributed by atoms with Gasteiger partial charge in [0.25, 0.3) is 0 Å². The van der Waals surface area contributed by atoms with Gasteiger partial charge in [0.1, 0.15) is 12.1 Å². The van der Waals surface area contributed by atoms with Crippen LogP contribution in [0.15, 0.2) is 56.9 Å². The number of benzene rings is 2. The van der Waals surface area contributed by atoms with Crippen molar-refractivity contribution in [3.8, 4) is 0 Å². The predicted octanol–water partition coefficient (Wildman–Crippen LogP) is 2.82. The zero-order valence-electron chi connectivity index (χ0n) is 19.0. The third-order valence-corrected chi connectivity index (χ3v) is 6.45. The van der Waals surface area contributed by atoms with Gasteiger partial charge in [0.2, 0.25) is 5.95 Å². The maximum absolute atomic E-state index is 13.7. The van der Waals surface area contributed by atoms with Crippen LogP contribution < -0.4 is 16.7 Å². The van der Waals surface area contributed by atoms with Crippen LogP contribution in [0.25, 0.3) is 10.9 Å². The van der Waals surface area contributed by atoms with Crippen LogP contribution in [0.1, 0.15) is 11.4 Å². The topological polar surface area (TPSA) is 117 Å². The molecule has 3 aromatic heterocycles. The number of aryl methyl sites for hydroxylation is 2. The Morgan fingerprint density at radius 2 is 1.86 bits per heavy atom. The summed E-state index contributed by atoms with van der Waals surface area (Å²) in [5.41, 5.74) is 0.271. The van der Waals surface area contributed by atoms with Crippen molar-refractivity contribution in [1.29, 1.82) is 0 Å². The normalized spacial score (nSPS) is 11.4. The second kappa shape index (κ2) is 9.32. The first kappa shape index (κ1) is 23.9. The van der Waals surface area contributed by atoms with Crippen LogP contribution >= 0.6 is 27.5 Å². The van der Waals surface area contributed by atoms with Crippen molar-refractivity contribution in [3.63, 3.8) is 0 Å². The second-order valence-corrected chi connectivity index (χ2v) is 9.32. The number of aromatic nitrogens is 8. The first-order chi connectivity index (χ1) is 17.2. The minimum atomic E-state index is -0.789. The molecule has 0 radical (unpaired) electrons. The molecule has 0 unspecified atom stereocenters. The van der Waals surface area contributed by atoms with Gasteiger partial charge in [-0.3, -0.25) is 13.9 Å². The lowest BCUT2D eigenvalue weighted by atomic mass is 10.2. The van der Waals surface area contributed by atoms with Crippen LogP contribution in [0.4, 0.5) is 16.0 Å². The van der Waals surface area contributed by atoms with Gasteiger partial charge in [-0.05, 0) is 29.8 Å². The number of fused-ring (bicyclic) bond motifs is 1. The molecular weight excluding hydrogens is 557 g/mol. The number of hydrogen-bond acceptors (Lipinski definition) is 7. The summed E-state index contributed by atoms with van der Waals surface area (Å²) in [7, 11) is 3.47. The molecule has 0 atom stereocenters. The van der Waals surface area contributed by atoms with Crippen molar-refractivity contribution < 1.29 is 4.39 Å². The molecule has 1 N–H and O–H groups in total. The fourth-order valence-corrected chi connectivity index (χ4v) is 4.39. The summed E-state index contributed by atoms with van der Waals surface area (Å²) >= 11 is 9.79. The average Bonchev–Trinajstić information content (AvgIpc) is 3.39. The molecule has 36 heavy (non-hydrogen) atoms. The van der Waals surface area contributed by atoms with E-state index in [0.29, 0.717) is 26.3 Å². The van der Waals surface area contributed by atoms with Gasteiger partial charge in [0.05, 0.1) is 29.3 Å². The van der Waals surface area contributed by atoms with Crippen LogP contribution in [0.3, 0.4) is 0 Å². The Balaban J connectivity index is 1.63. The fourth-order valence-electron chi connectivity index (χ4n) is 3.71. The highest BCUT2D eigenvalue weighted by Crippen LogP contribution is 2.29. The largest absolute Gasteiger partial charge is 0.355 e. The van der Waals surface area contributed by atoms with Gasteiger partial charge in [-0.1, -0.05) is 33.6 Å². The molecule has 184 valence electrons. The van der Waals surface area contributed by atoms with Gasteiger partial charge < -0.3 is 5.32 Å². The summed E-state index contributed by atoms with van der Waals surface area (Å²) in [6.07, 6.45) is 3.28. The van der Waals surface area contributed by atoms with Gasteiger partial charge in [-0.25, -0.2) is 23.5 Å². The lowest BCUT2D eigenvalue weighted by molar-refractivity contribution is 0.572. The SMILES string of the molecule is Cn1cnc(Cn2c(=O)nc(Nc3cc4cn(C)nc4cc3Cl)n(Cc3ccc(F)cc3Br)c2=O)n1. The van der Waals surface area contributed by atoms with Gasteiger partial charge in [0.15, 0.2) is 5.82 Å². The molecule has 0 aliphatic rings. The van der Waals surface area contributed by atoms with Gasteiger partial charge in [-0.15, -0.1) is 0 Å². The third kappa shape index (κ3) is 4.66. The zero-order chi connectivity index (χ0) is 25.6. The Labute approximate surface area is 215 Å². The van der Waals surface area contributed by atoms with Crippen molar-refractivity contribution in [3.05, 3.63) is 90.5 Å². The van der Waals surface area contributed by atoms with Crippen molar-refractivity contribution in [1.82, 2.24) is 38.7 Å². The molecular formula is C22H18BrClFN9O2. The van der Waals surface area contributed by atoms with E-state index in [9.17, 15) is 14.0 Å². The molecule has 5 aromatic rings. The van der Waals surface area contributed by atoms with E-state index in [1.54, 1.807) is 37.0 Å². The van der Waals surface area contributed by atoms with Crippen molar-refractivity contribution >= 4 is 50.1 Å². The zero-order valence-corrected chi connectivity index (χ0v) is 21.3. The number of hydrogen-bond donors (Lipinski definition) is 1. The molecule has 0 spiro atoms. The summed E-state index contributed by atoms with van der Waals surface area (Å²) in [4.78, 5) is 34.7. The van der Waals surface area contributed by atoms with Gasteiger partial charge in [0, 0.05) is 30.2 Å². The average molecular weight is 575 g/mol. The highest BCUT2D eigenvalue weighted by molar-refractivity contribution is 9.10. The van der Waals surface area contributed by atoms with Gasteiger partial charge >= 0.3 is 11.4 Å². The fraction of sp³-hybridized carbons (Fsp3) is 0.182. The first-order valence-corrected chi connectivity index (χ1v) is 11.7. The summed E-state index contributed by atoms with van der Waals surface area (Å²) < 4.78 is 19.4. The molecule has 0 saturated carbocycles. The number of nitrogens with zero attached hydrogens (tertiary/aromatic N) is 8. The maximum atomic E-state index is 13.7. The van der Waals surface area contributed by atoms with E-state index in [4.69, 9.17) is 11.6 Å². The molecule has 14 heteroatoms. The van der Waals surface area contributed by atoms with Crippen LogP contribution in [0, 0.1) is 5.82 Å². The molecule has 2 aromatic carbocycles. The Bertz CT molecular complexity index is 1740. The standard InChI is InChI=1S/C22H18BrClFN9O2/c1-31-8-13-5-18(16(24)7-17(13)29-31)27-20-28-21(35)34(10-19-26-11-32(2)30-19)22(36)33(20)9-12-3-4-14(25)6-15(12)23/h3-8,11H,9-10H2,1-2H3,(H,27,28,35). The Morgan fingerprint density at radius 1 is 1.06 bits per heavy atom. The summed E-state index contributed by atoms with van der Waals surface area (Å²) in [6.45, 7) is -0.184. The Hall–Kier alpha value is -3.84. The molecule has 0 aliphatic carbocycles. The third-order valence-electron chi connectivity index (χ3n) is 5.39. The molecule has 0 saturated heterocycles. The van der Waals surface area contributed by atoms with Crippen molar-refractivity contribution in [2.75, 3.05) is 5.32 Å². The minimum Gasteiger partial charge on any atom is -0.324 e. The molecule has 0 aliphatic heterocycles. The molecule has 0 fully saturated rings. The highest BCUT2D eigenvalue weighted by atomic mass is 79.9. The van der Waals surface area contributed by atoms with Gasteiger partial charge in [-0.2, -0.15) is 15.2 Å². The monoisotopic (exact) mass is 573 g/mol. The van der Waals surface area contributed by atoms with E-state index < -0.39 is 17.2 Å². The van der Waals surface area contributed by atoms with E-state index in [-0.39, 0.29) is 24.9 Å². The Morgan fingerprint density at radius 3 is 2.58 bits per heavy atom. The molecule has 3 heterocycles. The predicted molar refractivity (Wildman–Crippen MR) is 135 cm³/mol. The van der Waals surface area contributed by atoms with Crippen LogP contribution in [0.2, 0.25) is 5.02 Å². The lowest BCUT2D eigenvalue weighted by Gasteiger charge is -2.16. The van der Waals surface area contributed by atoms with E-state index in [2.05, 4.69) is 41.4 Å². The smallest absolute Gasteiger partial charge is 0.324 e. The summed E-state index contributed by atoms with van der Waals surface area (Å²) in [5.74, 6) is -0.187. The van der Waals surface area contributed by atoms with Crippen LogP contribution in [-0.2, 0) is 27.2 Å². The number of nitrogens with one attached hydrogen (secondary N) is 1. The Kier molecular flexibility index (Phi) is 6.18. The molecule has 0 amide bonds. The summed E-state index contributed by atoms with van der Waals surface area (Å²) in [6, 6.07) is 7.54. The minimum absolute atomic E-state index is 0.0162. The van der Waals surface area contributed by atoms with E-state index in [1.807, 2.05) is 6.20 Å². The lowest BCUT2D eigenvalue weighted by Crippen LogP contribution is -2.43. The molecule has 5 rings (SSSR count). The maximum Gasteiger partial charge on any atom is 0.355 e. The molecule has 11 nitrogen and oxygen atoms in total. The van der Waals surface area contributed by atoms with Crippen LogP contribution in [0.5, 0.6) is 0 Å². The van der Waals surface area contributed by atoms with Crippen molar-refractivity contribution in [2.45, 2.75) is 13.1 Å². The summed E-state index contributed by atoms with van der Waals surface area (Å²) in [5, 5.41) is 12.6. The van der Waals surface area contributed by atoms with Crippen LogP contribution in [-0.4, -0.2) is 38.7 Å². The van der Waals surface area contributed by atoms with E-state index in [0.717, 1.165) is 9.95 Å². The highest BCUT2D eigenvalue weighted by Gasteiger charge is 2.18. The first-order valence-electron chi connectivity index (χ1n) is 10.6.